The predicted octanol–water partition coefficient (Wildman–Crippen LogP) is 2.17. The molecule has 1 aliphatic rings. The summed E-state index contributed by atoms with van der Waals surface area (Å²) in [6.45, 7) is 1.15. The second-order valence-electron chi connectivity index (χ2n) is 6.94. The number of imidazole rings is 1. The van der Waals surface area contributed by atoms with Gasteiger partial charge in [-0.1, -0.05) is 0 Å². The van der Waals surface area contributed by atoms with E-state index in [1.54, 1.807) is 18.7 Å². The predicted molar refractivity (Wildman–Crippen MR) is 101 cm³/mol. The summed E-state index contributed by atoms with van der Waals surface area (Å²) in [5.41, 5.74) is 2.45. The highest BCUT2D eigenvalue weighted by molar-refractivity contribution is 5.94. The molecule has 28 heavy (non-hydrogen) atoms. The van der Waals surface area contributed by atoms with Gasteiger partial charge < -0.3 is 14.6 Å². The normalized spacial score (nSPS) is 16.9. The molecule has 1 unspecified atom stereocenters. The fourth-order valence-electron chi connectivity index (χ4n) is 3.60. The molecule has 0 spiro atoms. The van der Waals surface area contributed by atoms with Crippen molar-refractivity contribution in [2.24, 2.45) is 0 Å². The first-order chi connectivity index (χ1) is 13.6. The number of carboxylic acids is 1. The Balaban J connectivity index is 1.44. The van der Waals surface area contributed by atoms with Crippen LogP contribution in [0.15, 0.2) is 55.2 Å². The zero-order valence-corrected chi connectivity index (χ0v) is 15.3. The first-order valence-electron chi connectivity index (χ1n) is 9.23. The number of benzene rings is 1. The molecule has 0 aliphatic carbocycles. The minimum Gasteiger partial charge on any atom is -0.480 e. The van der Waals surface area contributed by atoms with Crippen molar-refractivity contribution in [3.05, 3.63) is 66.5 Å². The van der Waals surface area contributed by atoms with Crippen LogP contribution >= 0.6 is 0 Å². The van der Waals surface area contributed by atoms with Gasteiger partial charge in [0.15, 0.2) is 0 Å². The number of nitrogens with zero attached hydrogens (tertiary/aromatic N) is 5. The van der Waals surface area contributed by atoms with Crippen LogP contribution in [0.3, 0.4) is 0 Å². The van der Waals surface area contributed by atoms with Gasteiger partial charge in [-0.2, -0.15) is 5.10 Å². The van der Waals surface area contributed by atoms with Crippen molar-refractivity contribution in [1.82, 2.24) is 24.2 Å². The summed E-state index contributed by atoms with van der Waals surface area (Å²) in [4.78, 5) is 29.7. The molecule has 3 aromatic rings. The average Bonchev–Trinajstić information content (AvgIpc) is 3.39. The molecule has 1 aromatic carbocycles. The first-order valence-corrected chi connectivity index (χ1v) is 9.23. The molecule has 1 atom stereocenters. The highest BCUT2D eigenvalue weighted by atomic mass is 16.4. The Bertz CT molecular complexity index is 962. The lowest BCUT2D eigenvalue weighted by Gasteiger charge is -2.32. The van der Waals surface area contributed by atoms with Crippen LogP contribution < -0.4 is 0 Å². The van der Waals surface area contributed by atoms with E-state index in [4.69, 9.17) is 5.11 Å². The summed E-state index contributed by atoms with van der Waals surface area (Å²) < 4.78 is 3.31. The van der Waals surface area contributed by atoms with Crippen molar-refractivity contribution in [2.45, 2.75) is 25.3 Å². The number of aromatic nitrogens is 4. The number of likely N-dealkylation sites (tertiary alicyclic amines) is 1. The van der Waals surface area contributed by atoms with Gasteiger partial charge in [0, 0.05) is 48.8 Å². The lowest BCUT2D eigenvalue weighted by atomic mass is 9.94. The van der Waals surface area contributed by atoms with Crippen LogP contribution in [0, 0.1) is 0 Å². The van der Waals surface area contributed by atoms with Gasteiger partial charge in [-0.3, -0.25) is 14.3 Å². The lowest BCUT2D eigenvalue weighted by Crippen LogP contribution is -2.39. The molecule has 0 bridgehead atoms. The van der Waals surface area contributed by atoms with E-state index in [9.17, 15) is 9.59 Å². The number of piperidine rings is 1. The molecule has 1 N–H and O–H groups in total. The molecule has 0 radical (unpaired) electrons. The van der Waals surface area contributed by atoms with Crippen molar-refractivity contribution in [1.29, 1.82) is 0 Å². The second-order valence-corrected chi connectivity index (χ2v) is 6.94. The van der Waals surface area contributed by atoms with Gasteiger partial charge in [-0.05, 0) is 43.2 Å². The molecule has 144 valence electrons. The molecule has 4 rings (SSSR count). The third-order valence-corrected chi connectivity index (χ3v) is 5.00. The van der Waals surface area contributed by atoms with Gasteiger partial charge in [0.05, 0.1) is 12.0 Å². The number of carbonyl (C=O) groups is 2. The van der Waals surface area contributed by atoms with Gasteiger partial charge in [0.1, 0.15) is 6.54 Å². The average molecular weight is 379 g/mol. The Morgan fingerprint density at radius 3 is 2.68 bits per heavy atom. The van der Waals surface area contributed by atoms with Gasteiger partial charge in [0.2, 0.25) is 0 Å². The summed E-state index contributed by atoms with van der Waals surface area (Å²) in [5.74, 6) is -0.793. The maximum Gasteiger partial charge on any atom is 0.325 e. The fraction of sp³-hybridized carbons (Fsp3) is 0.300. The van der Waals surface area contributed by atoms with Gasteiger partial charge >= 0.3 is 5.97 Å². The number of hydrogen-bond donors (Lipinski definition) is 1. The highest BCUT2D eigenvalue weighted by Gasteiger charge is 2.27. The van der Waals surface area contributed by atoms with E-state index in [0.717, 1.165) is 24.2 Å². The summed E-state index contributed by atoms with van der Waals surface area (Å²) in [6.07, 6.45) is 8.80. The molecule has 0 saturated carbocycles. The Morgan fingerprint density at radius 2 is 1.96 bits per heavy atom. The Labute approximate surface area is 162 Å². The van der Waals surface area contributed by atoms with E-state index in [-0.39, 0.29) is 18.4 Å². The van der Waals surface area contributed by atoms with Gasteiger partial charge in [-0.15, -0.1) is 0 Å². The van der Waals surface area contributed by atoms with Crippen molar-refractivity contribution < 1.29 is 14.7 Å². The fourth-order valence-corrected chi connectivity index (χ4v) is 3.60. The standard InChI is InChI=1S/C20H21N5O3/c26-19(27)13-25-10-7-18(22-25)16-2-1-9-23(12-16)20(28)15-3-5-17(6-4-15)24-11-8-21-14-24/h3-8,10-11,14,16H,1-2,9,12-13H2,(H,26,27). The zero-order valence-electron chi connectivity index (χ0n) is 15.3. The first kappa shape index (κ1) is 18.0. The van der Waals surface area contributed by atoms with E-state index >= 15 is 0 Å². The van der Waals surface area contributed by atoms with Crippen LogP contribution in [-0.4, -0.2) is 54.3 Å². The quantitative estimate of drug-likeness (QED) is 0.733. The number of aliphatic carboxylic acids is 1. The third-order valence-electron chi connectivity index (χ3n) is 5.00. The van der Waals surface area contributed by atoms with Crippen molar-refractivity contribution in [2.75, 3.05) is 13.1 Å². The number of carboxylic acid groups (broad SMARTS) is 1. The summed E-state index contributed by atoms with van der Waals surface area (Å²) in [6, 6.07) is 9.33. The molecule has 1 saturated heterocycles. The van der Waals surface area contributed by atoms with Crippen LogP contribution in [0.1, 0.15) is 34.8 Å². The maximum absolute atomic E-state index is 12.9. The third kappa shape index (κ3) is 3.80. The minimum absolute atomic E-state index is 0.00634. The highest BCUT2D eigenvalue weighted by Crippen LogP contribution is 2.26. The van der Waals surface area contributed by atoms with Crippen LogP contribution in [0.2, 0.25) is 0 Å². The van der Waals surface area contributed by atoms with E-state index in [2.05, 4.69) is 10.1 Å². The summed E-state index contributed by atoms with van der Waals surface area (Å²) in [5, 5.41) is 13.3. The van der Waals surface area contributed by atoms with E-state index in [1.807, 2.05) is 46.0 Å². The molecular weight excluding hydrogens is 358 g/mol. The zero-order chi connectivity index (χ0) is 19.5. The van der Waals surface area contributed by atoms with Crippen molar-refractivity contribution in [3.8, 4) is 5.69 Å². The molecule has 8 heteroatoms. The summed E-state index contributed by atoms with van der Waals surface area (Å²) >= 11 is 0. The van der Waals surface area contributed by atoms with Crippen LogP contribution in [-0.2, 0) is 11.3 Å². The van der Waals surface area contributed by atoms with Crippen molar-refractivity contribution in [3.63, 3.8) is 0 Å². The smallest absolute Gasteiger partial charge is 0.325 e. The molecule has 1 fully saturated rings. The van der Waals surface area contributed by atoms with E-state index < -0.39 is 5.97 Å². The molecular formula is C20H21N5O3. The number of rotatable bonds is 5. The minimum atomic E-state index is -0.922. The Hall–Kier alpha value is -3.42. The van der Waals surface area contributed by atoms with Gasteiger partial charge in [-0.25, -0.2) is 4.98 Å². The van der Waals surface area contributed by atoms with Crippen LogP contribution in [0.25, 0.3) is 5.69 Å². The SMILES string of the molecule is O=C(O)Cn1ccc(C2CCCN(C(=O)c3ccc(-n4ccnc4)cc3)C2)n1. The molecule has 8 nitrogen and oxygen atoms in total. The Morgan fingerprint density at radius 1 is 1.14 bits per heavy atom. The Kier molecular flexibility index (Phi) is 4.92. The van der Waals surface area contributed by atoms with Crippen LogP contribution in [0.5, 0.6) is 0 Å². The van der Waals surface area contributed by atoms with E-state index in [0.29, 0.717) is 18.7 Å². The molecule has 1 aliphatic heterocycles. The lowest BCUT2D eigenvalue weighted by molar-refractivity contribution is -0.137. The second kappa shape index (κ2) is 7.67. The number of carbonyl (C=O) groups excluding carboxylic acids is 1. The van der Waals surface area contributed by atoms with Crippen LogP contribution in [0.4, 0.5) is 0 Å². The molecule has 3 heterocycles. The number of hydrogen-bond acceptors (Lipinski definition) is 4. The van der Waals surface area contributed by atoms with Gasteiger partial charge in [0.25, 0.3) is 5.91 Å². The van der Waals surface area contributed by atoms with E-state index in [1.165, 1.54) is 4.68 Å². The maximum atomic E-state index is 12.9. The summed E-state index contributed by atoms with van der Waals surface area (Å²) in [7, 11) is 0. The number of amides is 1. The van der Waals surface area contributed by atoms with Crippen molar-refractivity contribution >= 4 is 11.9 Å². The molecule has 1 amide bonds. The topological polar surface area (TPSA) is 93.2 Å². The largest absolute Gasteiger partial charge is 0.480 e. The monoisotopic (exact) mass is 379 g/mol. The molecule has 2 aromatic heterocycles.